The largest absolute Gasteiger partial charge is 0.477 e. The Bertz CT molecular complexity index is 1150. The molecule has 2 aromatic heterocycles. The number of hydrogen-bond donors (Lipinski definition) is 4. The highest BCUT2D eigenvalue weighted by atomic mass is 32.2. The Hall–Kier alpha value is -3.11. The van der Waals surface area contributed by atoms with E-state index in [9.17, 15) is 19.5 Å². The molecule has 5 N–H and O–H groups in total. The van der Waals surface area contributed by atoms with Gasteiger partial charge in [0.15, 0.2) is 10.8 Å². The van der Waals surface area contributed by atoms with Crippen LogP contribution in [0.3, 0.4) is 0 Å². The lowest BCUT2D eigenvalue weighted by Crippen LogP contribution is -2.71. The minimum absolute atomic E-state index is 0.0670. The van der Waals surface area contributed by atoms with Gasteiger partial charge in [0.05, 0.1) is 6.20 Å². The summed E-state index contributed by atoms with van der Waals surface area (Å²) in [4.78, 5) is 48.3. The molecule has 0 radical (unpaired) electrons. The molecule has 34 heavy (non-hydrogen) atoms. The van der Waals surface area contributed by atoms with Crippen LogP contribution < -0.4 is 11.1 Å². The van der Waals surface area contributed by atoms with Gasteiger partial charge in [0.25, 0.3) is 11.8 Å². The van der Waals surface area contributed by atoms with Crippen LogP contribution in [0, 0.1) is 0 Å². The van der Waals surface area contributed by atoms with E-state index in [0.29, 0.717) is 35.1 Å². The third-order valence-corrected chi connectivity index (χ3v) is 7.75. The number of thioether (sulfide) groups is 2. The number of carboxylic acid groups (broad SMARTS) is 1. The van der Waals surface area contributed by atoms with Crippen LogP contribution in [-0.2, 0) is 19.2 Å². The summed E-state index contributed by atoms with van der Waals surface area (Å²) in [5.41, 5.74) is 6.33. The molecule has 2 atom stereocenters. The summed E-state index contributed by atoms with van der Waals surface area (Å²) >= 11 is 3.83. The predicted octanol–water partition coefficient (Wildman–Crippen LogP) is 0.505. The highest BCUT2D eigenvalue weighted by Gasteiger charge is 2.54. The number of carboxylic acids is 1. The number of nitrogens with two attached hydrogens (primary N) is 1. The van der Waals surface area contributed by atoms with Gasteiger partial charge in [0, 0.05) is 16.9 Å². The van der Waals surface area contributed by atoms with Crippen molar-refractivity contribution in [1.29, 1.82) is 0 Å². The number of aromatic nitrogens is 4. The molecule has 0 spiro atoms. The molecular weight excluding hydrogens is 504 g/mol. The van der Waals surface area contributed by atoms with E-state index in [4.69, 9.17) is 10.6 Å². The van der Waals surface area contributed by atoms with Crippen molar-refractivity contribution < 1.29 is 24.3 Å². The number of nitrogen functional groups attached to an aromatic ring is 1. The zero-order valence-electron chi connectivity index (χ0n) is 17.8. The number of hydrogen-bond acceptors (Lipinski definition) is 12. The smallest absolute Gasteiger partial charge is 0.352 e. The summed E-state index contributed by atoms with van der Waals surface area (Å²) < 4.78 is 0. The van der Waals surface area contributed by atoms with Gasteiger partial charge in [0.2, 0.25) is 0 Å². The second kappa shape index (κ2) is 10.4. The van der Waals surface area contributed by atoms with Crippen LogP contribution in [0.25, 0.3) is 0 Å². The van der Waals surface area contributed by atoms with Crippen LogP contribution >= 0.6 is 34.9 Å². The standard InChI is InChI=1S/C18H20N8O5S3/c1-2-3-31-24-11(9-7-34-18(19)21-9)14(27)22-12-15(28)26-13(17(29)30)8(6-33-16(12)26)5-32-10-4-20-25-23-10/h4,7,12,16H,2-3,5-6H2,1H3,(H2,19,21)(H,22,27)(H,29,30)(H,20,23,25)/t12?,16-/m1/s1. The molecule has 4 rings (SSSR count). The van der Waals surface area contributed by atoms with Crippen molar-refractivity contribution in [2.45, 2.75) is 29.8 Å². The number of H-pyrrole nitrogens is 1. The maximum Gasteiger partial charge on any atom is 0.352 e. The number of carbonyl (C=O) groups excluding carboxylic acids is 2. The van der Waals surface area contributed by atoms with Gasteiger partial charge in [0.1, 0.15) is 34.4 Å². The molecule has 180 valence electrons. The lowest BCUT2D eigenvalue weighted by atomic mass is 10.0. The highest BCUT2D eigenvalue weighted by Crippen LogP contribution is 2.41. The summed E-state index contributed by atoms with van der Waals surface area (Å²) in [5.74, 6) is -1.65. The molecule has 0 aromatic carbocycles. The van der Waals surface area contributed by atoms with Crippen LogP contribution in [-0.4, -0.2) is 83.4 Å². The molecule has 1 saturated heterocycles. The summed E-state index contributed by atoms with van der Waals surface area (Å²) in [7, 11) is 0. The quantitative estimate of drug-likeness (QED) is 0.111. The van der Waals surface area contributed by atoms with Crippen LogP contribution in [0.2, 0.25) is 0 Å². The summed E-state index contributed by atoms with van der Waals surface area (Å²) in [6.45, 7) is 2.19. The first-order valence-corrected chi connectivity index (χ1v) is 12.9. The van der Waals surface area contributed by atoms with Gasteiger partial charge >= 0.3 is 5.97 Å². The molecule has 16 heteroatoms. The molecule has 0 aliphatic carbocycles. The average molecular weight is 525 g/mol. The summed E-state index contributed by atoms with van der Waals surface area (Å²) in [6.07, 6.45) is 2.22. The number of amides is 2. The van der Waals surface area contributed by atoms with Crippen molar-refractivity contribution in [2.75, 3.05) is 23.8 Å². The van der Waals surface area contributed by atoms with E-state index in [-0.39, 0.29) is 22.2 Å². The number of rotatable bonds is 10. The fourth-order valence-corrected chi connectivity index (χ4v) is 6.04. The minimum atomic E-state index is -1.20. The molecule has 0 bridgehead atoms. The third-order valence-electron chi connectivity index (χ3n) is 4.75. The Balaban J connectivity index is 1.49. The summed E-state index contributed by atoms with van der Waals surface area (Å²) in [6, 6.07) is -0.913. The lowest BCUT2D eigenvalue weighted by molar-refractivity contribution is -0.150. The predicted molar refractivity (Wildman–Crippen MR) is 126 cm³/mol. The van der Waals surface area contributed by atoms with Gasteiger partial charge in [-0.05, 0) is 12.0 Å². The number of aromatic amines is 1. The fourth-order valence-electron chi connectivity index (χ4n) is 3.23. The van der Waals surface area contributed by atoms with E-state index < -0.39 is 29.2 Å². The van der Waals surface area contributed by atoms with Gasteiger partial charge in [-0.25, -0.2) is 9.78 Å². The molecule has 2 aliphatic heterocycles. The van der Waals surface area contributed by atoms with Crippen molar-refractivity contribution in [3.05, 3.63) is 28.5 Å². The Labute approximate surface area is 205 Å². The van der Waals surface area contributed by atoms with Gasteiger partial charge < -0.3 is 21.0 Å². The zero-order chi connectivity index (χ0) is 24.2. The van der Waals surface area contributed by atoms with Crippen LogP contribution in [0.4, 0.5) is 5.13 Å². The number of anilines is 1. The number of β-lactam (4-membered cyclic amide) rings is 1. The van der Waals surface area contributed by atoms with Crippen molar-refractivity contribution in [3.63, 3.8) is 0 Å². The first-order valence-electron chi connectivity index (χ1n) is 10.0. The third kappa shape index (κ3) is 4.88. The Morgan fingerprint density at radius 2 is 2.32 bits per heavy atom. The van der Waals surface area contributed by atoms with Crippen molar-refractivity contribution >= 4 is 63.5 Å². The number of carbonyl (C=O) groups is 3. The zero-order valence-corrected chi connectivity index (χ0v) is 20.2. The maximum atomic E-state index is 13.0. The van der Waals surface area contributed by atoms with Crippen LogP contribution in [0.5, 0.6) is 0 Å². The van der Waals surface area contributed by atoms with Crippen molar-refractivity contribution in [2.24, 2.45) is 5.16 Å². The summed E-state index contributed by atoms with van der Waals surface area (Å²) in [5, 5.41) is 28.4. The molecule has 0 saturated carbocycles. The minimum Gasteiger partial charge on any atom is -0.477 e. The number of nitrogens with zero attached hydrogens (tertiary/aromatic N) is 5. The van der Waals surface area contributed by atoms with Gasteiger partial charge in [-0.1, -0.05) is 23.8 Å². The Kier molecular flexibility index (Phi) is 7.38. The van der Waals surface area contributed by atoms with Gasteiger partial charge in [-0.3, -0.25) is 14.5 Å². The van der Waals surface area contributed by atoms with E-state index in [1.54, 1.807) is 5.38 Å². The topological polar surface area (TPSA) is 189 Å². The molecule has 1 fully saturated rings. The molecular formula is C18H20N8O5S3. The monoisotopic (exact) mass is 524 g/mol. The highest BCUT2D eigenvalue weighted by molar-refractivity contribution is 8.01. The Morgan fingerprint density at radius 1 is 1.50 bits per heavy atom. The second-order valence-electron chi connectivity index (χ2n) is 7.06. The van der Waals surface area contributed by atoms with Crippen LogP contribution in [0.1, 0.15) is 19.0 Å². The van der Waals surface area contributed by atoms with E-state index in [2.05, 4.69) is 30.9 Å². The first kappa shape index (κ1) is 24.0. The van der Waals surface area contributed by atoms with E-state index in [1.165, 1.54) is 34.6 Å². The number of thiazole rings is 1. The molecule has 13 nitrogen and oxygen atoms in total. The van der Waals surface area contributed by atoms with Crippen LogP contribution in [0.15, 0.2) is 33.0 Å². The lowest BCUT2D eigenvalue weighted by Gasteiger charge is -2.49. The molecule has 1 unspecified atom stereocenters. The average Bonchev–Trinajstić information content (AvgIpc) is 3.49. The number of fused-ring (bicyclic) bond motifs is 1. The first-order chi connectivity index (χ1) is 16.4. The number of oxime groups is 1. The maximum absolute atomic E-state index is 13.0. The Morgan fingerprint density at radius 3 is 2.97 bits per heavy atom. The number of nitrogens with one attached hydrogen (secondary N) is 2. The molecule has 2 aromatic rings. The molecule has 4 heterocycles. The van der Waals surface area contributed by atoms with E-state index in [0.717, 1.165) is 11.3 Å². The van der Waals surface area contributed by atoms with Gasteiger partial charge in [-0.2, -0.15) is 10.3 Å². The van der Waals surface area contributed by atoms with Gasteiger partial charge in [-0.15, -0.1) is 28.2 Å². The van der Waals surface area contributed by atoms with E-state index in [1.807, 2.05) is 6.92 Å². The molecule has 2 aliphatic rings. The normalized spacial score (nSPS) is 20.1. The van der Waals surface area contributed by atoms with Crippen molar-refractivity contribution in [1.82, 2.24) is 30.6 Å². The second-order valence-corrected chi connectivity index (χ2v) is 10.0. The SMILES string of the molecule is CCCON=C(C(=O)NC1C(=O)N2C(C(=O)O)=C(CSc3cn[nH]n3)CS[C@H]12)c1csc(N)n1. The fraction of sp³-hybridized carbons (Fsp3) is 0.389. The molecule has 2 amide bonds. The number of aliphatic carboxylic acids is 1. The van der Waals surface area contributed by atoms with Crippen molar-refractivity contribution in [3.8, 4) is 0 Å². The van der Waals surface area contributed by atoms with E-state index >= 15 is 0 Å².